The van der Waals surface area contributed by atoms with E-state index in [1.54, 1.807) is 22.5 Å². The first-order chi connectivity index (χ1) is 13.5. The van der Waals surface area contributed by atoms with Crippen molar-refractivity contribution in [2.24, 2.45) is 17.8 Å². The minimum Gasteiger partial charge on any atom is -0.495 e. The Bertz CT molecular complexity index is 833. The number of methoxy groups -OCH3 is 1. The number of anilines is 1. The summed E-state index contributed by atoms with van der Waals surface area (Å²) < 4.78 is 32.8. The van der Waals surface area contributed by atoms with E-state index in [0.717, 1.165) is 31.6 Å². The van der Waals surface area contributed by atoms with Gasteiger partial charge in [0.15, 0.2) is 0 Å². The van der Waals surface area contributed by atoms with Gasteiger partial charge in [-0.1, -0.05) is 12.8 Å². The van der Waals surface area contributed by atoms with Crippen LogP contribution in [0.2, 0.25) is 0 Å². The lowest BCUT2D eigenvalue weighted by Crippen LogP contribution is -2.35. The number of hydrogen-bond acceptors (Lipinski definition) is 4. The fourth-order valence-corrected chi connectivity index (χ4v) is 6.81. The first kappa shape index (κ1) is 19.7. The molecule has 3 atom stereocenters. The molecule has 0 radical (unpaired) electrons. The minimum atomic E-state index is -3.55. The Balaban J connectivity index is 1.49. The zero-order chi connectivity index (χ0) is 19.7. The van der Waals surface area contributed by atoms with Gasteiger partial charge in [0, 0.05) is 19.5 Å². The van der Waals surface area contributed by atoms with Crippen molar-refractivity contribution < 1.29 is 17.9 Å². The zero-order valence-electron chi connectivity index (χ0n) is 16.5. The van der Waals surface area contributed by atoms with Crippen molar-refractivity contribution in [2.75, 3.05) is 25.5 Å². The fourth-order valence-electron chi connectivity index (χ4n) is 5.27. The van der Waals surface area contributed by atoms with E-state index in [1.807, 2.05) is 0 Å². The Labute approximate surface area is 167 Å². The van der Waals surface area contributed by atoms with Gasteiger partial charge in [0.2, 0.25) is 15.9 Å². The highest BCUT2D eigenvalue weighted by molar-refractivity contribution is 7.89. The largest absolute Gasteiger partial charge is 0.495 e. The summed E-state index contributed by atoms with van der Waals surface area (Å²) in [6, 6.07) is 4.74. The van der Waals surface area contributed by atoms with Gasteiger partial charge in [-0.3, -0.25) is 4.79 Å². The van der Waals surface area contributed by atoms with Crippen LogP contribution in [-0.4, -0.2) is 38.8 Å². The van der Waals surface area contributed by atoms with Crippen LogP contribution in [0, 0.1) is 17.8 Å². The number of fused-ring (bicyclic) bond motifs is 2. The second kappa shape index (κ2) is 8.03. The third-order valence-electron chi connectivity index (χ3n) is 6.73. The standard InChI is InChI=1S/C21H30N2O4S/c1-27-20-8-7-18(28(25,26)23-9-3-2-4-10-23)14-19(20)22-21(24)13-17-12-15-5-6-16(17)11-15/h7-8,14-17H,2-6,9-13H2,1H3,(H,22,24). The molecule has 1 aliphatic heterocycles. The van der Waals surface area contributed by atoms with Crippen molar-refractivity contribution in [2.45, 2.75) is 56.3 Å². The van der Waals surface area contributed by atoms with Crippen LogP contribution in [0.4, 0.5) is 5.69 Å². The molecule has 1 amide bonds. The highest BCUT2D eigenvalue weighted by Gasteiger charge is 2.40. The Hall–Kier alpha value is -1.60. The second-order valence-corrected chi connectivity index (χ2v) is 10.5. The lowest BCUT2D eigenvalue weighted by molar-refractivity contribution is -0.117. The van der Waals surface area contributed by atoms with Gasteiger partial charge in [-0.2, -0.15) is 4.31 Å². The normalized spacial score (nSPS) is 27.7. The lowest BCUT2D eigenvalue weighted by Gasteiger charge is -2.26. The van der Waals surface area contributed by atoms with E-state index in [-0.39, 0.29) is 10.8 Å². The number of benzene rings is 1. The van der Waals surface area contributed by atoms with Crippen molar-refractivity contribution >= 4 is 21.6 Å². The molecule has 3 aliphatic rings. The van der Waals surface area contributed by atoms with Crippen molar-refractivity contribution in [3.8, 4) is 5.75 Å². The maximum Gasteiger partial charge on any atom is 0.243 e. The summed E-state index contributed by atoms with van der Waals surface area (Å²) in [5, 5.41) is 2.92. The molecule has 1 N–H and O–H groups in total. The van der Waals surface area contributed by atoms with Crippen LogP contribution < -0.4 is 10.1 Å². The van der Waals surface area contributed by atoms with Crippen LogP contribution in [0.3, 0.4) is 0 Å². The van der Waals surface area contributed by atoms with Gasteiger partial charge in [-0.15, -0.1) is 0 Å². The molecule has 4 rings (SSSR count). The summed E-state index contributed by atoms with van der Waals surface area (Å²) in [6.45, 7) is 1.11. The molecule has 7 heteroatoms. The molecule has 2 saturated carbocycles. The Morgan fingerprint density at radius 3 is 2.61 bits per heavy atom. The van der Waals surface area contributed by atoms with Gasteiger partial charge in [-0.05, 0) is 68.1 Å². The summed E-state index contributed by atoms with van der Waals surface area (Å²) in [5.74, 6) is 2.38. The molecule has 3 unspecified atom stereocenters. The second-order valence-electron chi connectivity index (χ2n) is 8.51. The third kappa shape index (κ3) is 3.92. The summed E-state index contributed by atoms with van der Waals surface area (Å²) in [7, 11) is -2.02. The Morgan fingerprint density at radius 2 is 1.96 bits per heavy atom. The number of amides is 1. The fraction of sp³-hybridized carbons (Fsp3) is 0.667. The monoisotopic (exact) mass is 406 g/mol. The minimum absolute atomic E-state index is 0.0524. The van der Waals surface area contributed by atoms with E-state index in [2.05, 4.69) is 5.32 Å². The Morgan fingerprint density at radius 1 is 1.18 bits per heavy atom. The van der Waals surface area contributed by atoms with Crippen LogP contribution in [0.5, 0.6) is 5.75 Å². The number of ether oxygens (including phenoxy) is 1. The summed E-state index contributed by atoms with van der Waals surface area (Å²) >= 11 is 0. The van der Waals surface area contributed by atoms with Gasteiger partial charge < -0.3 is 10.1 Å². The number of hydrogen-bond donors (Lipinski definition) is 1. The summed E-state index contributed by atoms with van der Waals surface area (Å²) in [5.41, 5.74) is 0.439. The van der Waals surface area contributed by atoms with Crippen molar-refractivity contribution in [3.63, 3.8) is 0 Å². The molecule has 6 nitrogen and oxygen atoms in total. The molecule has 154 valence electrons. The van der Waals surface area contributed by atoms with Crippen LogP contribution >= 0.6 is 0 Å². The number of rotatable bonds is 6. The average molecular weight is 407 g/mol. The predicted molar refractivity (Wildman–Crippen MR) is 108 cm³/mol. The number of carbonyl (C=O) groups excluding carboxylic acids is 1. The van der Waals surface area contributed by atoms with Crippen molar-refractivity contribution in [3.05, 3.63) is 18.2 Å². The molecule has 1 heterocycles. The van der Waals surface area contributed by atoms with Crippen LogP contribution in [0.25, 0.3) is 0 Å². The van der Waals surface area contributed by atoms with E-state index in [4.69, 9.17) is 4.74 Å². The molecule has 2 aliphatic carbocycles. The quantitative estimate of drug-likeness (QED) is 0.783. The average Bonchev–Trinajstić information content (AvgIpc) is 3.31. The first-order valence-electron chi connectivity index (χ1n) is 10.5. The molecule has 0 spiro atoms. The van der Waals surface area contributed by atoms with E-state index in [0.29, 0.717) is 42.8 Å². The SMILES string of the molecule is COc1ccc(S(=O)(=O)N2CCCCC2)cc1NC(=O)CC1CC2CCC1C2. The first-order valence-corrected chi connectivity index (χ1v) is 11.9. The van der Waals surface area contributed by atoms with Gasteiger partial charge in [0.25, 0.3) is 0 Å². The van der Waals surface area contributed by atoms with Crippen molar-refractivity contribution in [1.82, 2.24) is 4.31 Å². The van der Waals surface area contributed by atoms with E-state index in [1.165, 1.54) is 26.4 Å². The molecular weight excluding hydrogens is 376 g/mol. The van der Waals surface area contributed by atoms with Crippen molar-refractivity contribution in [1.29, 1.82) is 0 Å². The highest BCUT2D eigenvalue weighted by atomic mass is 32.2. The van der Waals surface area contributed by atoms with Crippen LogP contribution in [-0.2, 0) is 14.8 Å². The molecule has 1 aromatic rings. The van der Waals surface area contributed by atoms with E-state index >= 15 is 0 Å². The van der Waals surface area contributed by atoms with E-state index < -0.39 is 10.0 Å². The maximum atomic E-state index is 13.0. The summed E-state index contributed by atoms with van der Waals surface area (Å²) in [6.07, 6.45) is 8.34. The molecule has 1 saturated heterocycles. The van der Waals surface area contributed by atoms with Gasteiger partial charge in [-0.25, -0.2) is 8.42 Å². The number of carbonyl (C=O) groups is 1. The lowest BCUT2D eigenvalue weighted by atomic mass is 9.86. The molecule has 3 fully saturated rings. The molecule has 28 heavy (non-hydrogen) atoms. The molecule has 1 aromatic carbocycles. The number of nitrogens with one attached hydrogen (secondary N) is 1. The van der Waals surface area contributed by atoms with Crippen LogP contribution in [0.1, 0.15) is 51.4 Å². The zero-order valence-corrected chi connectivity index (χ0v) is 17.3. The number of sulfonamides is 1. The van der Waals surface area contributed by atoms with Crippen LogP contribution in [0.15, 0.2) is 23.1 Å². The maximum absolute atomic E-state index is 13.0. The van der Waals surface area contributed by atoms with Gasteiger partial charge in [0.05, 0.1) is 17.7 Å². The Kier molecular flexibility index (Phi) is 5.65. The molecule has 0 aromatic heterocycles. The van der Waals surface area contributed by atoms with Gasteiger partial charge in [0.1, 0.15) is 5.75 Å². The molecular formula is C21H30N2O4S. The highest BCUT2D eigenvalue weighted by Crippen LogP contribution is 2.49. The van der Waals surface area contributed by atoms with E-state index in [9.17, 15) is 13.2 Å². The molecule has 2 bridgehead atoms. The smallest absolute Gasteiger partial charge is 0.243 e. The van der Waals surface area contributed by atoms with Gasteiger partial charge >= 0.3 is 0 Å². The number of piperidine rings is 1. The number of nitrogens with zero attached hydrogens (tertiary/aromatic N) is 1. The predicted octanol–water partition coefficient (Wildman–Crippen LogP) is 3.63. The third-order valence-corrected chi connectivity index (χ3v) is 8.62. The topological polar surface area (TPSA) is 75.7 Å². The summed E-state index contributed by atoms with van der Waals surface area (Å²) in [4.78, 5) is 12.9.